The highest BCUT2D eigenvalue weighted by Crippen LogP contribution is 2.12. The minimum absolute atomic E-state index is 0.0364. The van der Waals surface area contributed by atoms with E-state index < -0.39 is 18.1 Å². The van der Waals surface area contributed by atoms with Gasteiger partial charge in [-0.1, -0.05) is 89.5 Å². The molecule has 0 rings (SSSR count). The standard InChI is InChI=1S/C35H63NO7/c1-6-8-10-11-12-13-14-15-16-17-18-19-20-21-22-23-24-26-34(38)43-31(30-42-33(37)25-9-7-2)29-41-28-27-32(35(39)40)36(3,4)5/h12-13,15-16,31-32H,6-11,14,17-30H2,1-5H3/b13-12-,16-15-. The van der Waals surface area contributed by atoms with E-state index in [-0.39, 0.29) is 42.7 Å². The van der Waals surface area contributed by atoms with Crippen molar-refractivity contribution in [1.29, 1.82) is 0 Å². The Hall–Kier alpha value is -2.19. The van der Waals surface area contributed by atoms with Gasteiger partial charge in [0.1, 0.15) is 12.6 Å². The van der Waals surface area contributed by atoms with Crippen molar-refractivity contribution in [2.45, 2.75) is 142 Å². The van der Waals surface area contributed by atoms with E-state index in [1.54, 1.807) is 21.1 Å². The molecule has 250 valence electrons. The molecule has 0 saturated heterocycles. The fourth-order valence-electron chi connectivity index (χ4n) is 4.61. The van der Waals surface area contributed by atoms with Crippen LogP contribution in [0.25, 0.3) is 0 Å². The number of nitrogens with zero attached hydrogens (tertiary/aromatic N) is 1. The van der Waals surface area contributed by atoms with Crippen LogP contribution in [0.15, 0.2) is 24.3 Å². The van der Waals surface area contributed by atoms with E-state index in [1.165, 1.54) is 51.4 Å². The molecule has 0 amide bonds. The highest BCUT2D eigenvalue weighted by molar-refractivity contribution is 5.70. The molecule has 0 bridgehead atoms. The number of carboxylic acid groups (broad SMARTS) is 1. The summed E-state index contributed by atoms with van der Waals surface area (Å²) in [4.78, 5) is 35.9. The van der Waals surface area contributed by atoms with Crippen LogP contribution in [0.5, 0.6) is 0 Å². The van der Waals surface area contributed by atoms with Crippen LogP contribution in [0.1, 0.15) is 129 Å². The molecule has 0 aliphatic heterocycles. The van der Waals surface area contributed by atoms with Crippen LogP contribution in [-0.2, 0) is 28.6 Å². The Bertz CT molecular complexity index is 773. The second kappa shape index (κ2) is 27.4. The molecule has 0 heterocycles. The second-order valence-corrected chi connectivity index (χ2v) is 12.4. The Kier molecular flexibility index (Phi) is 26.0. The highest BCUT2D eigenvalue weighted by atomic mass is 16.6. The van der Waals surface area contributed by atoms with Crippen LogP contribution in [0.4, 0.5) is 0 Å². The van der Waals surface area contributed by atoms with Gasteiger partial charge in [-0.15, -0.1) is 0 Å². The average Bonchev–Trinajstić information content (AvgIpc) is 2.95. The number of esters is 2. The number of aliphatic carboxylic acids is 1. The molecular formula is C35H63NO7. The molecule has 0 aromatic carbocycles. The molecule has 8 heteroatoms. The fraction of sp³-hybridized carbons (Fsp3) is 0.800. The van der Waals surface area contributed by atoms with Crippen molar-refractivity contribution in [3.05, 3.63) is 24.3 Å². The van der Waals surface area contributed by atoms with Crippen LogP contribution in [0, 0.1) is 0 Å². The summed E-state index contributed by atoms with van der Waals surface area (Å²) in [6.45, 7) is 4.36. The lowest BCUT2D eigenvalue weighted by Crippen LogP contribution is -2.55. The number of carboxylic acids is 1. The number of likely N-dealkylation sites (N-methyl/N-ethyl adjacent to an activating group) is 1. The van der Waals surface area contributed by atoms with Gasteiger partial charge in [0.25, 0.3) is 0 Å². The van der Waals surface area contributed by atoms with Crippen LogP contribution >= 0.6 is 0 Å². The van der Waals surface area contributed by atoms with E-state index in [2.05, 4.69) is 31.2 Å². The third-order valence-electron chi connectivity index (χ3n) is 7.34. The zero-order valence-electron chi connectivity index (χ0n) is 28.1. The van der Waals surface area contributed by atoms with Crippen molar-refractivity contribution < 1.29 is 38.2 Å². The zero-order valence-corrected chi connectivity index (χ0v) is 28.1. The van der Waals surface area contributed by atoms with Gasteiger partial charge in [-0.3, -0.25) is 9.59 Å². The molecule has 0 aliphatic carbocycles. The first kappa shape index (κ1) is 40.8. The summed E-state index contributed by atoms with van der Waals surface area (Å²) in [7, 11) is 5.36. The normalized spacial score (nSPS) is 13.4. The molecule has 2 unspecified atom stereocenters. The molecule has 0 radical (unpaired) electrons. The van der Waals surface area contributed by atoms with Crippen molar-refractivity contribution in [3.8, 4) is 0 Å². The maximum atomic E-state index is 12.5. The van der Waals surface area contributed by atoms with Crippen LogP contribution in [0.2, 0.25) is 0 Å². The number of hydrogen-bond acceptors (Lipinski definition) is 7. The molecule has 8 nitrogen and oxygen atoms in total. The zero-order chi connectivity index (χ0) is 32.2. The minimum Gasteiger partial charge on any atom is -0.544 e. The summed E-state index contributed by atoms with van der Waals surface area (Å²) < 4.78 is 16.7. The van der Waals surface area contributed by atoms with Gasteiger partial charge in [0.2, 0.25) is 0 Å². The molecular weight excluding hydrogens is 546 g/mol. The van der Waals surface area contributed by atoms with E-state index in [0.29, 0.717) is 12.8 Å². The van der Waals surface area contributed by atoms with Crippen molar-refractivity contribution in [1.82, 2.24) is 0 Å². The monoisotopic (exact) mass is 609 g/mol. The van der Waals surface area contributed by atoms with E-state index in [1.807, 2.05) is 6.92 Å². The Morgan fingerprint density at radius 1 is 0.698 bits per heavy atom. The third kappa shape index (κ3) is 26.0. The van der Waals surface area contributed by atoms with E-state index in [0.717, 1.165) is 44.9 Å². The maximum Gasteiger partial charge on any atom is 0.306 e. The smallest absolute Gasteiger partial charge is 0.306 e. The second-order valence-electron chi connectivity index (χ2n) is 12.4. The van der Waals surface area contributed by atoms with Gasteiger partial charge in [-0.05, 0) is 44.9 Å². The first-order valence-corrected chi connectivity index (χ1v) is 16.9. The Morgan fingerprint density at radius 2 is 1.26 bits per heavy atom. The Balaban J connectivity index is 4.19. The number of carbonyl (C=O) groups is 3. The largest absolute Gasteiger partial charge is 0.544 e. The van der Waals surface area contributed by atoms with E-state index >= 15 is 0 Å². The number of quaternary nitrogens is 1. The topological polar surface area (TPSA) is 102 Å². The summed E-state index contributed by atoms with van der Waals surface area (Å²) in [6, 6.07) is -0.720. The quantitative estimate of drug-likeness (QED) is 0.0415. The molecule has 0 spiro atoms. The fourth-order valence-corrected chi connectivity index (χ4v) is 4.61. The molecule has 43 heavy (non-hydrogen) atoms. The van der Waals surface area contributed by atoms with Gasteiger partial charge in [-0.2, -0.15) is 0 Å². The molecule has 0 fully saturated rings. The highest BCUT2D eigenvalue weighted by Gasteiger charge is 2.25. The molecule has 0 aromatic heterocycles. The lowest BCUT2D eigenvalue weighted by Gasteiger charge is -2.34. The molecule has 0 aromatic rings. The van der Waals surface area contributed by atoms with Crippen molar-refractivity contribution >= 4 is 17.9 Å². The van der Waals surface area contributed by atoms with Crippen molar-refractivity contribution in [3.63, 3.8) is 0 Å². The van der Waals surface area contributed by atoms with E-state index in [4.69, 9.17) is 14.2 Å². The number of ether oxygens (including phenoxy) is 3. The van der Waals surface area contributed by atoms with Crippen molar-refractivity contribution in [2.24, 2.45) is 0 Å². The lowest BCUT2D eigenvalue weighted by atomic mass is 10.1. The summed E-state index contributed by atoms with van der Waals surface area (Å²) in [6.07, 6.45) is 25.9. The van der Waals surface area contributed by atoms with Gasteiger partial charge in [0, 0.05) is 19.3 Å². The van der Waals surface area contributed by atoms with Crippen LogP contribution in [0.3, 0.4) is 0 Å². The molecule has 2 atom stereocenters. The molecule has 0 aliphatic rings. The third-order valence-corrected chi connectivity index (χ3v) is 7.34. The molecule has 0 N–H and O–H groups in total. The number of allylic oxidation sites excluding steroid dienone is 4. The number of unbranched alkanes of at least 4 members (excludes halogenated alkanes) is 11. The van der Waals surface area contributed by atoms with Gasteiger partial charge in [0.15, 0.2) is 6.10 Å². The summed E-state index contributed by atoms with van der Waals surface area (Å²) in [5.74, 6) is -1.79. The number of hydrogen-bond donors (Lipinski definition) is 0. The Morgan fingerprint density at radius 3 is 1.84 bits per heavy atom. The number of rotatable bonds is 29. The summed E-state index contributed by atoms with van der Waals surface area (Å²) in [5, 5.41) is 11.5. The SMILES string of the molecule is CCCCC/C=C\C/C=C\CCCCCCCCCC(=O)OC(COCCC(C(=O)[O-])[N+](C)(C)C)COC(=O)CCCC. The first-order valence-electron chi connectivity index (χ1n) is 16.9. The van der Waals surface area contributed by atoms with Crippen LogP contribution in [-0.4, -0.2) is 75.5 Å². The first-order chi connectivity index (χ1) is 20.6. The predicted octanol–water partition coefficient (Wildman–Crippen LogP) is 6.46. The van der Waals surface area contributed by atoms with Gasteiger partial charge < -0.3 is 28.6 Å². The Labute approximate surface area is 262 Å². The molecule has 0 saturated carbocycles. The van der Waals surface area contributed by atoms with Gasteiger partial charge in [-0.25, -0.2) is 0 Å². The minimum atomic E-state index is -1.13. The van der Waals surface area contributed by atoms with Crippen LogP contribution < -0.4 is 5.11 Å². The maximum absolute atomic E-state index is 12.5. The van der Waals surface area contributed by atoms with Crippen molar-refractivity contribution in [2.75, 3.05) is 41.0 Å². The van der Waals surface area contributed by atoms with Gasteiger partial charge >= 0.3 is 11.9 Å². The summed E-state index contributed by atoms with van der Waals surface area (Å²) >= 11 is 0. The predicted molar refractivity (Wildman–Crippen MR) is 171 cm³/mol. The van der Waals surface area contributed by atoms with E-state index in [9.17, 15) is 19.5 Å². The van der Waals surface area contributed by atoms with Gasteiger partial charge in [0.05, 0.1) is 40.3 Å². The average molecular weight is 610 g/mol. The summed E-state index contributed by atoms with van der Waals surface area (Å²) in [5.41, 5.74) is 0. The number of carbonyl (C=O) groups excluding carboxylic acids is 3. The lowest BCUT2D eigenvalue weighted by molar-refractivity contribution is -0.889.